The number of nitrogens with zero attached hydrogens (tertiary/aromatic N) is 1. The monoisotopic (exact) mass is 232 g/mol. The normalized spacial score (nSPS) is 10.5. The van der Waals surface area contributed by atoms with E-state index in [0.29, 0.717) is 6.54 Å². The average Bonchev–Trinajstić information content (AvgIpc) is 2.86. The quantitative estimate of drug-likeness (QED) is 0.860. The lowest BCUT2D eigenvalue weighted by Gasteiger charge is -2.04. The molecule has 0 atom stereocenters. The fourth-order valence-corrected chi connectivity index (χ4v) is 1.48. The van der Waals surface area contributed by atoms with Crippen LogP contribution in [0.15, 0.2) is 34.9 Å². The highest BCUT2D eigenvalue weighted by atomic mass is 16.5. The van der Waals surface area contributed by atoms with Gasteiger partial charge in [-0.2, -0.15) is 0 Å². The van der Waals surface area contributed by atoms with Gasteiger partial charge in [-0.1, -0.05) is 12.1 Å². The largest absolute Gasteiger partial charge is 0.494 e. The molecule has 17 heavy (non-hydrogen) atoms. The summed E-state index contributed by atoms with van der Waals surface area (Å²) >= 11 is 0. The summed E-state index contributed by atoms with van der Waals surface area (Å²) in [6.07, 6.45) is 1.00. The molecular weight excluding hydrogens is 216 g/mol. The van der Waals surface area contributed by atoms with E-state index in [2.05, 4.69) is 12.1 Å². The molecule has 2 aromatic rings. The molecule has 0 amide bonds. The molecule has 4 nitrogen and oxygen atoms in total. The number of aromatic nitrogens is 1. The van der Waals surface area contributed by atoms with E-state index in [4.69, 9.17) is 15.0 Å². The second kappa shape index (κ2) is 5.50. The van der Waals surface area contributed by atoms with E-state index in [0.717, 1.165) is 35.8 Å². The lowest BCUT2D eigenvalue weighted by Crippen LogP contribution is -1.95. The smallest absolute Gasteiger partial charge is 0.167 e. The van der Waals surface area contributed by atoms with Crippen LogP contribution < -0.4 is 10.5 Å². The van der Waals surface area contributed by atoms with Gasteiger partial charge in [-0.05, 0) is 30.7 Å². The maximum atomic E-state index is 5.51. The first-order valence-electron chi connectivity index (χ1n) is 5.72. The molecule has 1 heterocycles. The van der Waals surface area contributed by atoms with Gasteiger partial charge in [-0.3, -0.25) is 0 Å². The van der Waals surface area contributed by atoms with Crippen LogP contribution in [0.5, 0.6) is 5.75 Å². The molecule has 0 saturated heterocycles. The summed E-state index contributed by atoms with van der Waals surface area (Å²) < 4.78 is 10.7. The Morgan fingerprint density at radius 2 is 2.06 bits per heavy atom. The second-order valence-electron chi connectivity index (χ2n) is 3.76. The minimum absolute atomic E-state index is 0.390. The van der Waals surface area contributed by atoms with E-state index >= 15 is 0 Å². The Morgan fingerprint density at radius 3 is 2.65 bits per heavy atom. The van der Waals surface area contributed by atoms with Gasteiger partial charge < -0.3 is 15.0 Å². The van der Waals surface area contributed by atoms with Crippen molar-refractivity contribution in [2.75, 3.05) is 6.61 Å². The van der Waals surface area contributed by atoms with Crippen LogP contribution in [0.1, 0.15) is 19.0 Å². The number of ether oxygens (including phenoxy) is 1. The third kappa shape index (κ3) is 2.85. The van der Waals surface area contributed by atoms with Crippen LogP contribution in [0.2, 0.25) is 0 Å². The van der Waals surface area contributed by atoms with Crippen molar-refractivity contribution in [1.29, 1.82) is 0 Å². The molecule has 1 aromatic heterocycles. The Morgan fingerprint density at radius 1 is 1.29 bits per heavy atom. The summed E-state index contributed by atoms with van der Waals surface area (Å²) in [6, 6.07) is 9.60. The van der Waals surface area contributed by atoms with Gasteiger partial charge in [0.1, 0.15) is 5.75 Å². The molecule has 0 unspecified atom stereocenters. The zero-order valence-electron chi connectivity index (χ0n) is 9.85. The van der Waals surface area contributed by atoms with Crippen LogP contribution in [0.3, 0.4) is 0 Å². The van der Waals surface area contributed by atoms with Crippen LogP contribution in [0, 0.1) is 0 Å². The van der Waals surface area contributed by atoms with Gasteiger partial charge in [-0.15, -0.1) is 0 Å². The number of nitrogens with two attached hydrogens (primary N) is 1. The SMILES string of the molecule is CCCOc1ccc(-c2cc(CN)no2)cc1. The number of rotatable bonds is 5. The molecule has 4 heteroatoms. The molecule has 2 N–H and O–H groups in total. The van der Waals surface area contributed by atoms with Crippen molar-refractivity contribution in [1.82, 2.24) is 5.16 Å². The third-order valence-electron chi connectivity index (χ3n) is 2.38. The number of benzene rings is 1. The van der Waals surface area contributed by atoms with Gasteiger partial charge >= 0.3 is 0 Å². The summed E-state index contributed by atoms with van der Waals surface area (Å²) in [5, 5.41) is 3.85. The molecule has 0 aliphatic rings. The van der Waals surface area contributed by atoms with Crippen LogP contribution in [-0.2, 0) is 6.54 Å². The zero-order chi connectivity index (χ0) is 12.1. The van der Waals surface area contributed by atoms with E-state index in [1.807, 2.05) is 30.3 Å². The molecule has 0 bridgehead atoms. The topological polar surface area (TPSA) is 61.3 Å². The maximum Gasteiger partial charge on any atom is 0.167 e. The Kier molecular flexibility index (Phi) is 3.77. The average molecular weight is 232 g/mol. The number of hydrogen-bond donors (Lipinski definition) is 1. The predicted octanol–water partition coefficient (Wildman–Crippen LogP) is 2.59. The Bertz CT molecular complexity index is 463. The van der Waals surface area contributed by atoms with Crippen molar-refractivity contribution in [2.24, 2.45) is 5.73 Å². The molecule has 0 spiro atoms. The minimum Gasteiger partial charge on any atom is -0.494 e. The highest BCUT2D eigenvalue weighted by Gasteiger charge is 2.05. The number of hydrogen-bond acceptors (Lipinski definition) is 4. The highest BCUT2D eigenvalue weighted by Crippen LogP contribution is 2.23. The Labute approximate surface area is 100 Å². The molecule has 0 radical (unpaired) electrons. The van der Waals surface area contributed by atoms with Crippen molar-refractivity contribution in [2.45, 2.75) is 19.9 Å². The van der Waals surface area contributed by atoms with Crippen molar-refractivity contribution in [3.05, 3.63) is 36.0 Å². The van der Waals surface area contributed by atoms with Crippen molar-refractivity contribution < 1.29 is 9.26 Å². The van der Waals surface area contributed by atoms with Crippen molar-refractivity contribution >= 4 is 0 Å². The Balaban J connectivity index is 2.11. The first-order chi connectivity index (χ1) is 8.33. The highest BCUT2D eigenvalue weighted by molar-refractivity contribution is 5.58. The standard InChI is InChI=1S/C13H16N2O2/c1-2-7-16-12-5-3-10(4-6-12)13-8-11(9-14)15-17-13/h3-6,8H,2,7,9,14H2,1H3. The summed E-state index contributed by atoms with van der Waals surface area (Å²) in [5.41, 5.74) is 7.21. The van der Waals surface area contributed by atoms with Gasteiger partial charge in [0.15, 0.2) is 5.76 Å². The van der Waals surface area contributed by atoms with Crippen LogP contribution >= 0.6 is 0 Å². The fourth-order valence-electron chi connectivity index (χ4n) is 1.48. The maximum absolute atomic E-state index is 5.51. The second-order valence-corrected chi connectivity index (χ2v) is 3.76. The molecule has 0 fully saturated rings. The molecule has 90 valence electrons. The van der Waals surface area contributed by atoms with Crippen LogP contribution in [-0.4, -0.2) is 11.8 Å². The Hall–Kier alpha value is -1.81. The molecule has 0 saturated carbocycles. The van der Waals surface area contributed by atoms with Crippen LogP contribution in [0.25, 0.3) is 11.3 Å². The van der Waals surface area contributed by atoms with Gasteiger partial charge in [-0.25, -0.2) is 0 Å². The first-order valence-corrected chi connectivity index (χ1v) is 5.72. The van der Waals surface area contributed by atoms with Crippen LogP contribution in [0.4, 0.5) is 0 Å². The van der Waals surface area contributed by atoms with E-state index < -0.39 is 0 Å². The van der Waals surface area contributed by atoms with Crippen molar-refractivity contribution in [3.8, 4) is 17.1 Å². The predicted molar refractivity (Wildman–Crippen MR) is 65.6 cm³/mol. The lowest BCUT2D eigenvalue weighted by atomic mass is 10.1. The van der Waals surface area contributed by atoms with Crippen molar-refractivity contribution in [3.63, 3.8) is 0 Å². The minimum atomic E-state index is 0.390. The molecule has 2 rings (SSSR count). The van der Waals surface area contributed by atoms with Gasteiger partial charge in [0.2, 0.25) is 0 Å². The van der Waals surface area contributed by atoms with Gasteiger partial charge in [0.25, 0.3) is 0 Å². The summed E-state index contributed by atoms with van der Waals surface area (Å²) in [7, 11) is 0. The zero-order valence-corrected chi connectivity index (χ0v) is 9.85. The molecule has 0 aliphatic carbocycles. The van der Waals surface area contributed by atoms with E-state index in [9.17, 15) is 0 Å². The fraction of sp³-hybridized carbons (Fsp3) is 0.308. The lowest BCUT2D eigenvalue weighted by molar-refractivity contribution is 0.317. The molecule has 0 aliphatic heterocycles. The molecular formula is C13H16N2O2. The molecule has 1 aromatic carbocycles. The summed E-state index contributed by atoms with van der Waals surface area (Å²) in [4.78, 5) is 0. The third-order valence-corrected chi connectivity index (χ3v) is 2.38. The summed E-state index contributed by atoms with van der Waals surface area (Å²) in [6.45, 7) is 3.21. The first kappa shape index (κ1) is 11.7. The summed E-state index contributed by atoms with van der Waals surface area (Å²) in [5.74, 6) is 1.60. The van der Waals surface area contributed by atoms with Gasteiger partial charge in [0.05, 0.1) is 12.3 Å². The van der Waals surface area contributed by atoms with E-state index in [-0.39, 0.29) is 0 Å². The van der Waals surface area contributed by atoms with Gasteiger partial charge in [0, 0.05) is 18.2 Å². The van der Waals surface area contributed by atoms with E-state index in [1.165, 1.54) is 0 Å². The van der Waals surface area contributed by atoms with E-state index in [1.54, 1.807) is 0 Å².